The molecule has 1 saturated carbocycles. The van der Waals surface area contributed by atoms with Crippen LogP contribution in [-0.4, -0.2) is 29.1 Å². The van der Waals surface area contributed by atoms with Gasteiger partial charge in [0, 0.05) is 6.04 Å². The van der Waals surface area contributed by atoms with Crippen LogP contribution in [0.2, 0.25) is 0 Å². The van der Waals surface area contributed by atoms with Gasteiger partial charge in [0.1, 0.15) is 5.75 Å². The first kappa shape index (κ1) is 19.3. The maximum Gasteiger partial charge on any atom is 0.306 e. The number of hydrogen-bond donors (Lipinski definition) is 2. The number of ether oxygens (including phenoxy) is 1. The molecule has 0 saturated heterocycles. The van der Waals surface area contributed by atoms with Gasteiger partial charge in [0.2, 0.25) is 0 Å². The highest BCUT2D eigenvalue weighted by molar-refractivity contribution is 5.81. The molecule has 25 heavy (non-hydrogen) atoms. The van der Waals surface area contributed by atoms with Gasteiger partial charge in [0.25, 0.3) is 5.91 Å². The van der Waals surface area contributed by atoms with Gasteiger partial charge >= 0.3 is 5.97 Å². The third-order valence-corrected chi connectivity index (χ3v) is 4.83. The SMILES string of the molecule is CC(Oc1ccc(C(C)(C)C)cc1)C(=O)NC1CCC(C(=O)O)CC1. The van der Waals surface area contributed by atoms with Crippen molar-refractivity contribution in [3.63, 3.8) is 0 Å². The lowest BCUT2D eigenvalue weighted by molar-refractivity contribution is -0.142. The van der Waals surface area contributed by atoms with E-state index in [4.69, 9.17) is 9.84 Å². The number of rotatable bonds is 5. The van der Waals surface area contributed by atoms with Gasteiger partial charge < -0.3 is 15.2 Å². The monoisotopic (exact) mass is 347 g/mol. The highest BCUT2D eigenvalue weighted by Crippen LogP contribution is 2.26. The predicted octanol–water partition coefficient (Wildman–Crippen LogP) is 3.51. The third kappa shape index (κ3) is 5.48. The fraction of sp³-hybridized carbons (Fsp3) is 0.600. The summed E-state index contributed by atoms with van der Waals surface area (Å²) in [6.45, 7) is 8.18. The zero-order valence-electron chi connectivity index (χ0n) is 15.5. The Morgan fingerprint density at radius 2 is 1.68 bits per heavy atom. The maximum atomic E-state index is 12.3. The van der Waals surface area contributed by atoms with Crippen molar-refractivity contribution in [2.45, 2.75) is 70.9 Å². The first-order valence-corrected chi connectivity index (χ1v) is 8.97. The average Bonchev–Trinajstić information content (AvgIpc) is 2.55. The summed E-state index contributed by atoms with van der Waals surface area (Å²) in [5.41, 5.74) is 1.29. The number of carbonyl (C=O) groups excluding carboxylic acids is 1. The van der Waals surface area contributed by atoms with Crippen LogP contribution in [-0.2, 0) is 15.0 Å². The highest BCUT2D eigenvalue weighted by atomic mass is 16.5. The van der Waals surface area contributed by atoms with Crippen LogP contribution in [0.5, 0.6) is 5.75 Å². The van der Waals surface area contributed by atoms with Gasteiger partial charge in [-0.05, 0) is 55.7 Å². The van der Waals surface area contributed by atoms with E-state index in [1.54, 1.807) is 6.92 Å². The molecule has 1 atom stereocenters. The largest absolute Gasteiger partial charge is 0.481 e. The Bertz CT molecular complexity index is 595. The topological polar surface area (TPSA) is 75.6 Å². The average molecular weight is 347 g/mol. The van der Waals surface area contributed by atoms with Crippen molar-refractivity contribution in [1.82, 2.24) is 5.32 Å². The molecule has 1 aliphatic carbocycles. The zero-order valence-corrected chi connectivity index (χ0v) is 15.5. The Balaban J connectivity index is 1.83. The molecule has 0 heterocycles. The number of carbonyl (C=O) groups is 2. The molecule has 0 aromatic heterocycles. The summed E-state index contributed by atoms with van der Waals surface area (Å²) in [5, 5.41) is 12.0. The van der Waals surface area contributed by atoms with E-state index in [0.29, 0.717) is 31.4 Å². The van der Waals surface area contributed by atoms with Crippen molar-refractivity contribution in [3.8, 4) is 5.75 Å². The van der Waals surface area contributed by atoms with E-state index in [-0.39, 0.29) is 23.3 Å². The van der Waals surface area contributed by atoms with E-state index in [1.807, 2.05) is 24.3 Å². The number of amides is 1. The minimum Gasteiger partial charge on any atom is -0.481 e. The molecule has 0 radical (unpaired) electrons. The molecule has 5 heteroatoms. The minimum absolute atomic E-state index is 0.0393. The first-order chi connectivity index (χ1) is 11.7. The summed E-state index contributed by atoms with van der Waals surface area (Å²) < 4.78 is 5.74. The predicted molar refractivity (Wildman–Crippen MR) is 96.8 cm³/mol. The molecule has 0 bridgehead atoms. The van der Waals surface area contributed by atoms with Crippen molar-refractivity contribution in [2.24, 2.45) is 5.92 Å². The van der Waals surface area contributed by atoms with E-state index in [2.05, 4.69) is 26.1 Å². The van der Waals surface area contributed by atoms with Gasteiger partial charge in [-0.15, -0.1) is 0 Å². The number of carboxylic acid groups (broad SMARTS) is 1. The number of hydrogen-bond acceptors (Lipinski definition) is 3. The number of carboxylic acids is 1. The summed E-state index contributed by atoms with van der Waals surface area (Å²) >= 11 is 0. The smallest absolute Gasteiger partial charge is 0.306 e. The van der Waals surface area contributed by atoms with E-state index < -0.39 is 12.1 Å². The molecule has 1 amide bonds. The summed E-state index contributed by atoms with van der Waals surface area (Å²) in [7, 11) is 0. The van der Waals surface area contributed by atoms with E-state index in [9.17, 15) is 9.59 Å². The normalized spacial score (nSPS) is 22.1. The van der Waals surface area contributed by atoms with Gasteiger partial charge in [0.05, 0.1) is 5.92 Å². The molecule has 1 aliphatic rings. The third-order valence-electron chi connectivity index (χ3n) is 4.83. The van der Waals surface area contributed by atoms with E-state index in [1.165, 1.54) is 5.56 Å². The van der Waals surface area contributed by atoms with Crippen LogP contribution in [0.15, 0.2) is 24.3 Å². The van der Waals surface area contributed by atoms with Gasteiger partial charge in [-0.3, -0.25) is 9.59 Å². The Kier molecular flexibility index (Phi) is 6.09. The van der Waals surface area contributed by atoms with E-state index in [0.717, 1.165) is 0 Å². The zero-order chi connectivity index (χ0) is 18.6. The second-order valence-electron chi connectivity index (χ2n) is 7.93. The van der Waals surface area contributed by atoms with Crippen molar-refractivity contribution >= 4 is 11.9 Å². The standard InChI is InChI=1S/C20H29NO4/c1-13(25-17-11-7-15(8-12-17)20(2,3)4)18(22)21-16-9-5-14(6-10-16)19(23)24/h7-8,11-14,16H,5-6,9-10H2,1-4H3,(H,21,22)(H,23,24). The second kappa shape index (κ2) is 7.89. The Hall–Kier alpha value is -2.04. The lowest BCUT2D eigenvalue weighted by atomic mass is 9.86. The van der Waals surface area contributed by atoms with Crippen LogP contribution in [0.25, 0.3) is 0 Å². The van der Waals surface area contributed by atoms with Crippen molar-refractivity contribution < 1.29 is 19.4 Å². The molecule has 5 nitrogen and oxygen atoms in total. The minimum atomic E-state index is -0.736. The van der Waals surface area contributed by atoms with Crippen LogP contribution in [0, 0.1) is 5.92 Å². The molecule has 138 valence electrons. The van der Waals surface area contributed by atoms with Gasteiger partial charge in [-0.2, -0.15) is 0 Å². The summed E-state index contributed by atoms with van der Waals surface area (Å²) in [6.07, 6.45) is 2.05. The number of aliphatic carboxylic acids is 1. The Labute approximate surface area is 149 Å². The maximum absolute atomic E-state index is 12.3. The molecule has 0 aliphatic heterocycles. The van der Waals surface area contributed by atoms with Crippen molar-refractivity contribution in [3.05, 3.63) is 29.8 Å². The molecule has 0 spiro atoms. The van der Waals surface area contributed by atoms with E-state index >= 15 is 0 Å². The highest BCUT2D eigenvalue weighted by Gasteiger charge is 2.28. The Morgan fingerprint density at radius 3 is 2.16 bits per heavy atom. The van der Waals surface area contributed by atoms with Crippen LogP contribution < -0.4 is 10.1 Å². The molecule has 1 fully saturated rings. The molecule has 1 aromatic carbocycles. The van der Waals surface area contributed by atoms with Gasteiger partial charge in [-0.25, -0.2) is 0 Å². The van der Waals surface area contributed by atoms with Crippen molar-refractivity contribution in [1.29, 1.82) is 0 Å². The lowest BCUT2D eigenvalue weighted by Gasteiger charge is -2.28. The fourth-order valence-electron chi connectivity index (χ4n) is 3.09. The van der Waals surface area contributed by atoms with Crippen molar-refractivity contribution in [2.75, 3.05) is 0 Å². The number of benzene rings is 1. The molecule has 1 unspecified atom stereocenters. The molecular weight excluding hydrogens is 318 g/mol. The molecular formula is C20H29NO4. The lowest BCUT2D eigenvalue weighted by Crippen LogP contribution is -2.44. The molecule has 2 rings (SSSR count). The van der Waals surface area contributed by atoms with Crippen LogP contribution in [0.1, 0.15) is 58.9 Å². The number of nitrogens with one attached hydrogen (secondary N) is 1. The summed E-state index contributed by atoms with van der Waals surface area (Å²) in [5.74, 6) is -0.493. The molecule has 1 aromatic rings. The fourth-order valence-corrected chi connectivity index (χ4v) is 3.09. The summed E-state index contributed by atoms with van der Waals surface area (Å²) in [6, 6.07) is 7.86. The quantitative estimate of drug-likeness (QED) is 0.854. The van der Waals surface area contributed by atoms with Gasteiger partial charge in [-0.1, -0.05) is 32.9 Å². The van der Waals surface area contributed by atoms with Crippen LogP contribution in [0.4, 0.5) is 0 Å². The Morgan fingerprint density at radius 1 is 1.12 bits per heavy atom. The second-order valence-corrected chi connectivity index (χ2v) is 7.93. The van der Waals surface area contributed by atoms with Gasteiger partial charge in [0.15, 0.2) is 6.10 Å². The summed E-state index contributed by atoms with van der Waals surface area (Å²) in [4.78, 5) is 23.3. The molecule has 2 N–H and O–H groups in total. The first-order valence-electron chi connectivity index (χ1n) is 8.97. The van der Waals surface area contributed by atoms with Crippen LogP contribution >= 0.6 is 0 Å². The van der Waals surface area contributed by atoms with Crippen LogP contribution in [0.3, 0.4) is 0 Å².